The van der Waals surface area contributed by atoms with E-state index in [1.165, 1.54) is 23.5 Å². The molecule has 1 aliphatic rings. The monoisotopic (exact) mass is 405 g/mol. The Morgan fingerprint density at radius 2 is 2.00 bits per heavy atom. The number of carbonyl (C=O) groups excluding carboxylic acids is 1. The quantitative estimate of drug-likeness (QED) is 0.837. The molecule has 1 aliphatic heterocycles. The molecule has 2 aromatic rings. The van der Waals surface area contributed by atoms with E-state index in [9.17, 15) is 9.18 Å². The zero-order chi connectivity index (χ0) is 16.4. The number of aryl methyl sites for hydroxylation is 1. The Kier molecular flexibility index (Phi) is 8.28. The SMILES string of the molecule is Cc1nc(-c2ccc(F)cc2)sc1C(=O)N1CCCCC1CN.Cl.Cl. The summed E-state index contributed by atoms with van der Waals surface area (Å²) >= 11 is 1.37. The van der Waals surface area contributed by atoms with E-state index >= 15 is 0 Å². The second kappa shape index (κ2) is 9.48. The van der Waals surface area contributed by atoms with Gasteiger partial charge in [0.05, 0.1) is 5.69 Å². The van der Waals surface area contributed by atoms with Crippen molar-refractivity contribution < 1.29 is 9.18 Å². The molecule has 1 unspecified atom stereocenters. The van der Waals surface area contributed by atoms with Crippen LogP contribution in [0.5, 0.6) is 0 Å². The molecule has 0 saturated carbocycles. The predicted molar refractivity (Wildman–Crippen MR) is 104 cm³/mol. The Balaban J connectivity index is 0.00000156. The van der Waals surface area contributed by atoms with Gasteiger partial charge in [0.25, 0.3) is 5.91 Å². The molecule has 3 rings (SSSR count). The molecule has 25 heavy (non-hydrogen) atoms. The summed E-state index contributed by atoms with van der Waals surface area (Å²) in [5, 5.41) is 0.743. The van der Waals surface area contributed by atoms with Gasteiger partial charge in [0.15, 0.2) is 0 Å². The van der Waals surface area contributed by atoms with Gasteiger partial charge in [0.2, 0.25) is 0 Å². The van der Waals surface area contributed by atoms with E-state index in [4.69, 9.17) is 5.73 Å². The Bertz CT molecular complexity index is 708. The molecule has 138 valence electrons. The second-order valence-electron chi connectivity index (χ2n) is 5.82. The van der Waals surface area contributed by atoms with Crippen molar-refractivity contribution in [3.63, 3.8) is 0 Å². The van der Waals surface area contributed by atoms with Gasteiger partial charge in [-0.2, -0.15) is 0 Å². The van der Waals surface area contributed by atoms with Gasteiger partial charge in [0.1, 0.15) is 15.7 Å². The lowest BCUT2D eigenvalue weighted by Crippen LogP contribution is -2.47. The molecule has 0 spiro atoms. The van der Waals surface area contributed by atoms with Crippen molar-refractivity contribution in [1.82, 2.24) is 9.88 Å². The molecule has 1 fully saturated rings. The Morgan fingerprint density at radius 1 is 1.32 bits per heavy atom. The van der Waals surface area contributed by atoms with Crippen LogP contribution in [0.15, 0.2) is 24.3 Å². The van der Waals surface area contributed by atoms with E-state index in [1.54, 1.807) is 12.1 Å². The number of amides is 1. The summed E-state index contributed by atoms with van der Waals surface area (Å²) in [7, 11) is 0. The highest BCUT2D eigenvalue weighted by Gasteiger charge is 2.29. The molecular formula is C17H22Cl2FN3OS. The molecule has 0 aliphatic carbocycles. The second-order valence-corrected chi connectivity index (χ2v) is 6.82. The fraction of sp³-hybridized carbons (Fsp3) is 0.412. The average molecular weight is 406 g/mol. The van der Waals surface area contributed by atoms with E-state index in [-0.39, 0.29) is 42.6 Å². The number of halogens is 3. The molecule has 2 heterocycles. The van der Waals surface area contributed by atoms with Crippen LogP contribution in [0.1, 0.15) is 34.6 Å². The number of hydrogen-bond donors (Lipinski definition) is 1. The molecule has 8 heteroatoms. The number of benzene rings is 1. The maximum absolute atomic E-state index is 13.1. The van der Waals surface area contributed by atoms with Crippen molar-refractivity contribution >= 4 is 42.1 Å². The number of likely N-dealkylation sites (tertiary alicyclic amines) is 1. The van der Waals surface area contributed by atoms with E-state index in [0.29, 0.717) is 11.4 Å². The summed E-state index contributed by atoms with van der Waals surface area (Å²) in [6.07, 6.45) is 3.10. The fourth-order valence-electron chi connectivity index (χ4n) is 2.95. The molecule has 1 saturated heterocycles. The number of nitrogens with two attached hydrogens (primary N) is 1. The normalized spacial score (nSPS) is 16.8. The van der Waals surface area contributed by atoms with Gasteiger partial charge in [-0.1, -0.05) is 0 Å². The first-order valence-corrected chi connectivity index (χ1v) is 8.66. The summed E-state index contributed by atoms with van der Waals surface area (Å²) in [5.41, 5.74) is 7.37. The van der Waals surface area contributed by atoms with Crippen molar-refractivity contribution in [3.8, 4) is 10.6 Å². The van der Waals surface area contributed by atoms with Gasteiger partial charge in [-0.15, -0.1) is 36.2 Å². The summed E-state index contributed by atoms with van der Waals surface area (Å²) in [6, 6.07) is 6.30. The molecule has 0 bridgehead atoms. The summed E-state index contributed by atoms with van der Waals surface area (Å²) in [4.78, 5) is 19.9. The molecule has 4 nitrogen and oxygen atoms in total. The molecular weight excluding hydrogens is 384 g/mol. The van der Waals surface area contributed by atoms with Crippen LogP contribution in [-0.4, -0.2) is 34.9 Å². The first-order valence-electron chi connectivity index (χ1n) is 7.84. The minimum absolute atomic E-state index is 0. The number of thiazole rings is 1. The van der Waals surface area contributed by atoms with Crippen LogP contribution in [0.25, 0.3) is 10.6 Å². The Hall–Kier alpha value is -1.21. The van der Waals surface area contributed by atoms with Crippen molar-refractivity contribution in [3.05, 3.63) is 40.7 Å². The smallest absolute Gasteiger partial charge is 0.266 e. The summed E-state index contributed by atoms with van der Waals surface area (Å²) < 4.78 is 13.1. The molecule has 1 amide bonds. The number of hydrogen-bond acceptors (Lipinski definition) is 4. The van der Waals surface area contributed by atoms with Gasteiger partial charge in [-0.3, -0.25) is 4.79 Å². The Morgan fingerprint density at radius 3 is 2.64 bits per heavy atom. The zero-order valence-electron chi connectivity index (χ0n) is 13.9. The highest BCUT2D eigenvalue weighted by molar-refractivity contribution is 7.17. The highest BCUT2D eigenvalue weighted by atomic mass is 35.5. The average Bonchev–Trinajstić information content (AvgIpc) is 2.96. The number of aromatic nitrogens is 1. The maximum atomic E-state index is 13.1. The third-order valence-corrected chi connectivity index (χ3v) is 5.44. The van der Waals surface area contributed by atoms with Crippen LogP contribution in [0.2, 0.25) is 0 Å². The van der Waals surface area contributed by atoms with E-state index in [2.05, 4.69) is 4.98 Å². The third kappa shape index (κ3) is 4.70. The van der Waals surface area contributed by atoms with Crippen LogP contribution in [0.4, 0.5) is 4.39 Å². The lowest BCUT2D eigenvalue weighted by Gasteiger charge is -2.34. The van der Waals surface area contributed by atoms with Gasteiger partial charge in [-0.25, -0.2) is 9.37 Å². The van der Waals surface area contributed by atoms with Crippen LogP contribution in [-0.2, 0) is 0 Å². The molecule has 1 aromatic heterocycles. The van der Waals surface area contributed by atoms with E-state index in [0.717, 1.165) is 42.1 Å². The minimum atomic E-state index is -0.280. The van der Waals surface area contributed by atoms with Crippen molar-refractivity contribution in [2.24, 2.45) is 5.73 Å². The van der Waals surface area contributed by atoms with Crippen molar-refractivity contribution in [2.45, 2.75) is 32.2 Å². The van der Waals surface area contributed by atoms with Gasteiger partial charge in [-0.05, 0) is 50.5 Å². The standard InChI is InChI=1S/C17H20FN3OS.2ClH/c1-11-15(17(22)21-9-3-2-4-14(21)10-19)23-16(20-11)12-5-7-13(18)8-6-12;;/h5-8,14H,2-4,9-10,19H2,1H3;2*1H. The fourth-order valence-corrected chi connectivity index (χ4v) is 3.98. The molecule has 1 aromatic carbocycles. The van der Waals surface area contributed by atoms with Crippen LogP contribution >= 0.6 is 36.2 Å². The summed E-state index contributed by atoms with van der Waals surface area (Å²) in [6.45, 7) is 3.09. The van der Waals surface area contributed by atoms with Gasteiger partial charge < -0.3 is 10.6 Å². The number of nitrogens with zero attached hydrogens (tertiary/aromatic N) is 2. The Labute approximate surface area is 163 Å². The van der Waals surface area contributed by atoms with Gasteiger partial charge in [0, 0.05) is 24.7 Å². The summed E-state index contributed by atoms with van der Waals surface area (Å²) in [5.74, 6) is -0.263. The van der Waals surface area contributed by atoms with Crippen LogP contribution in [0, 0.1) is 12.7 Å². The van der Waals surface area contributed by atoms with E-state index in [1.807, 2.05) is 11.8 Å². The lowest BCUT2D eigenvalue weighted by molar-refractivity contribution is 0.0627. The molecule has 1 atom stereocenters. The van der Waals surface area contributed by atoms with E-state index < -0.39 is 0 Å². The van der Waals surface area contributed by atoms with Crippen LogP contribution in [0.3, 0.4) is 0 Å². The maximum Gasteiger partial charge on any atom is 0.266 e. The largest absolute Gasteiger partial charge is 0.334 e. The highest BCUT2D eigenvalue weighted by Crippen LogP contribution is 2.30. The number of carbonyl (C=O) groups is 1. The van der Waals surface area contributed by atoms with Crippen LogP contribution < -0.4 is 5.73 Å². The molecule has 0 radical (unpaired) electrons. The van der Waals surface area contributed by atoms with Gasteiger partial charge >= 0.3 is 0 Å². The number of piperidine rings is 1. The first kappa shape index (κ1) is 21.8. The third-order valence-electron chi connectivity index (χ3n) is 4.24. The van der Waals surface area contributed by atoms with Crippen molar-refractivity contribution in [2.75, 3.05) is 13.1 Å². The zero-order valence-corrected chi connectivity index (χ0v) is 16.4. The lowest BCUT2D eigenvalue weighted by atomic mass is 10.0. The predicted octanol–water partition coefficient (Wildman–Crippen LogP) is 4.05. The van der Waals surface area contributed by atoms with Crippen molar-refractivity contribution in [1.29, 1.82) is 0 Å². The minimum Gasteiger partial charge on any atom is -0.334 e. The first-order chi connectivity index (χ1) is 11.1. The molecule has 2 N–H and O–H groups in total. The number of rotatable bonds is 3. The topological polar surface area (TPSA) is 59.2 Å².